The molecule has 0 bridgehead atoms. The molecule has 0 aromatic rings. The van der Waals surface area contributed by atoms with Gasteiger partial charge in [-0.15, -0.1) is 0 Å². The van der Waals surface area contributed by atoms with Crippen molar-refractivity contribution in [3.63, 3.8) is 0 Å². The van der Waals surface area contributed by atoms with Crippen LogP contribution in [-0.2, 0) is 0 Å². The lowest BCUT2D eigenvalue weighted by Crippen LogP contribution is -2.48. The molecule has 44 valence electrons. The molecule has 0 aliphatic rings. The Kier molecular flexibility index (Phi) is 4.02. The minimum atomic E-state index is -0.480. The largest absolute Gasteiger partial charge is 0.422 e. The summed E-state index contributed by atoms with van der Waals surface area (Å²) in [5, 5.41) is 2.65. The molecule has 0 rings (SSSR count). The number of rotatable bonds is 3. The lowest BCUT2D eigenvalue weighted by atomic mass is 10.0. The van der Waals surface area contributed by atoms with Gasteiger partial charge in [0.05, 0.1) is 0 Å². The van der Waals surface area contributed by atoms with Crippen molar-refractivity contribution in [2.45, 2.75) is 0 Å². The van der Waals surface area contributed by atoms with Gasteiger partial charge in [-0.1, -0.05) is 12.7 Å². The van der Waals surface area contributed by atoms with Gasteiger partial charge in [-0.25, -0.2) is 0 Å². The molecule has 0 aliphatic heterocycles. The summed E-state index contributed by atoms with van der Waals surface area (Å²) in [5.41, 5.74) is 10.2. The van der Waals surface area contributed by atoms with E-state index >= 15 is 0 Å². The van der Waals surface area contributed by atoms with Crippen molar-refractivity contribution in [1.82, 2.24) is 5.23 Å². The lowest BCUT2D eigenvalue weighted by molar-refractivity contribution is 1.26. The second kappa shape index (κ2) is 4.42. The quantitative estimate of drug-likeness (QED) is 0.329. The molecule has 0 aromatic carbocycles. The minimum Gasteiger partial charge on any atom is -0.407 e. The maximum absolute atomic E-state index is 5.11. The third-order valence-electron chi connectivity index (χ3n) is 0.521. The lowest BCUT2D eigenvalue weighted by Gasteiger charge is -1.94. The van der Waals surface area contributed by atoms with Gasteiger partial charge in [-0.3, -0.25) is 0 Å². The number of nitrogens with two attached hydrogens (primary N) is 2. The van der Waals surface area contributed by atoms with Crippen LogP contribution >= 0.6 is 0 Å². The maximum atomic E-state index is 5.11. The molecule has 3 nitrogen and oxygen atoms in total. The highest BCUT2D eigenvalue weighted by Crippen LogP contribution is 1.64. The fourth-order valence-electron chi connectivity index (χ4n) is 0.235. The van der Waals surface area contributed by atoms with Crippen LogP contribution in [0.15, 0.2) is 24.9 Å². The first-order valence-corrected chi connectivity index (χ1v) is 2.32. The van der Waals surface area contributed by atoms with Crippen LogP contribution in [0.3, 0.4) is 0 Å². The molecule has 0 radical (unpaired) electrons. The zero-order valence-electron chi connectivity index (χ0n) is 4.67. The van der Waals surface area contributed by atoms with Crippen LogP contribution in [0.5, 0.6) is 0 Å². The average Bonchev–Trinajstić information content (AvgIpc) is 1.66. The molecular weight excluding hydrogens is 101 g/mol. The first kappa shape index (κ1) is 7.26. The monoisotopic (exact) mass is 111 g/mol. The summed E-state index contributed by atoms with van der Waals surface area (Å²) < 4.78 is 0. The fourth-order valence-corrected chi connectivity index (χ4v) is 0.235. The third kappa shape index (κ3) is 5.26. The van der Waals surface area contributed by atoms with E-state index in [4.69, 9.17) is 11.3 Å². The van der Waals surface area contributed by atoms with E-state index in [2.05, 4.69) is 11.8 Å². The van der Waals surface area contributed by atoms with Gasteiger partial charge in [0.2, 0.25) is 0 Å². The Balaban J connectivity index is 3.15. The maximum Gasteiger partial charge on any atom is 0.422 e. The molecule has 0 amide bonds. The summed E-state index contributed by atoms with van der Waals surface area (Å²) in [7, 11) is -0.480. The highest BCUT2D eigenvalue weighted by molar-refractivity contribution is 6.48. The van der Waals surface area contributed by atoms with Gasteiger partial charge in [-0.05, 0) is 12.3 Å². The van der Waals surface area contributed by atoms with Crippen molar-refractivity contribution in [1.29, 1.82) is 0 Å². The Morgan fingerprint density at radius 2 is 2.12 bits per heavy atom. The fraction of sp³-hybridized carbons (Fsp3) is 0. The van der Waals surface area contributed by atoms with E-state index in [1.165, 1.54) is 0 Å². The molecule has 0 saturated carbocycles. The Labute approximate surface area is 49.6 Å². The first-order chi connectivity index (χ1) is 3.77. The van der Waals surface area contributed by atoms with Crippen molar-refractivity contribution in [2.75, 3.05) is 0 Å². The van der Waals surface area contributed by atoms with E-state index < -0.39 is 7.12 Å². The zero-order valence-corrected chi connectivity index (χ0v) is 4.67. The molecule has 8 heavy (non-hydrogen) atoms. The summed E-state index contributed by atoms with van der Waals surface area (Å²) in [6.45, 7) is 3.45. The van der Waals surface area contributed by atoms with Crippen LogP contribution in [-0.4, -0.2) is 7.12 Å². The van der Waals surface area contributed by atoms with E-state index in [-0.39, 0.29) is 0 Å². The molecule has 0 heterocycles. The summed E-state index contributed by atoms with van der Waals surface area (Å²) in [6, 6.07) is 0. The van der Waals surface area contributed by atoms with Crippen LogP contribution in [0.4, 0.5) is 0 Å². The van der Waals surface area contributed by atoms with Gasteiger partial charge in [0.25, 0.3) is 0 Å². The Morgan fingerprint density at radius 1 is 1.50 bits per heavy atom. The van der Waals surface area contributed by atoms with E-state index in [1.807, 2.05) is 0 Å². The molecule has 4 heteroatoms. The van der Waals surface area contributed by atoms with Crippen molar-refractivity contribution in [3.8, 4) is 0 Å². The molecule has 0 aromatic heterocycles. The summed E-state index contributed by atoms with van der Waals surface area (Å²) in [6.07, 6.45) is 4.99. The van der Waals surface area contributed by atoms with Gasteiger partial charge in [0.15, 0.2) is 0 Å². The second-order valence-electron chi connectivity index (χ2n) is 1.29. The Bertz CT molecular complexity index is 89.3. The number of hydrogen-bond donors (Lipinski definition) is 3. The van der Waals surface area contributed by atoms with E-state index in [0.717, 1.165) is 0 Å². The van der Waals surface area contributed by atoms with Crippen molar-refractivity contribution in [2.24, 2.45) is 11.3 Å². The molecular formula is C4H10BN3. The zero-order chi connectivity index (χ0) is 6.41. The van der Waals surface area contributed by atoms with E-state index in [9.17, 15) is 0 Å². The molecule has 0 unspecified atom stereocenters. The van der Waals surface area contributed by atoms with Gasteiger partial charge < -0.3 is 16.5 Å². The van der Waals surface area contributed by atoms with Gasteiger partial charge >= 0.3 is 7.12 Å². The predicted molar refractivity (Wildman–Crippen MR) is 36.6 cm³/mol. The number of nitrogens with one attached hydrogen (secondary N) is 1. The highest BCUT2D eigenvalue weighted by atomic mass is 14.9. The SMILES string of the molecule is C=C/C=C\NB(N)N. The standard InChI is InChI=1S/C4H10BN3/c1-2-3-4-8-5(6)7/h2-4,8H,1,6-7H2/b4-3-. The van der Waals surface area contributed by atoms with Crippen LogP contribution in [0, 0.1) is 0 Å². The molecule has 0 fully saturated rings. The van der Waals surface area contributed by atoms with Gasteiger partial charge in [-0.2, -0.15) is 0 Å². The summed E-state index contributed by atoms with van der Waals surface area (Å²) >= 11 is 0. The number of allylic oxidation sites excluding steroid dienone is 2. The topological polar surface area (TPSA) is 64.1 Å². The van der Waals surface area contributed by atoms with Gasteiger partial charge in [0, 0.05) is 0 Å². The molecule has 0 spiro atoms. The van der Waals surface area contributed by atoms with Crippen LogP contribution in [0.2, 0.25) is 0 Å². The van der Waals surface area contributed by atoms with Crippen molar-refractivity contribution >= 4 is 7.12 Å². The smallest absolute Gasteiger partial charge is 0.407 e. The third-order valence-corrected chi connectivity index (χ3v) is 0.521. The molecule has 5 N–H and O–H groups in total. The average molecular weight is 111 g/mol. The predicted octanol–water partition coefficient (Wildman–Crippen LogP) is -0.822. The van der Waals surface area contributed by atoms with Crippen molar-refractivity contribution in [3.05, 3.63) is 24.9 Å². The van der Waals surface area contributed by atoms with E-state index in [1.54, 1.807) is 18.4 Å². The van der Waals surface area contributed by atoms with Crippen LogP contribution in [0.25, 0.3) is 0 Å². The van der Waals surface area contributed by atoms with Crippen LogP contribution < -0.4 is 16.5 Å². The number of hydrogen-bond acceptors (Lipinski definition) is 3. The second-order valence-corrected chi connectivity index (χ2v) is 1.29. The molecule has 0 atom stereocenters. The first-order valence-electron chi connectivity index (χ1n) is 2.32. The summed E-state index contributed by atoms with van der Waals surface area (Å²) in [5.74, 6) is 0. The van der Waals surface area contributed by atoms with Gasteiger partial charge in [0.1, 0.15) is 0 Å². The van der Waals surface area contributed by atoms with Crippen LogP contribution in [0.1, 0.15) is 0 Å². The normalized spacial score (nSPS) is 9.25. The molecule has 0 saturated heterocycles. The Morgan fingerprint density at radius 3 is 2.50 bits per heavy atom. The Hall–Kier alpha value is -0.735. The van der Waals surface area contributed by atoms with Crippen molar-refractivity contribution < 1.29 is 0 Å². The molecule has 0 aliphatic carbocycles. The highest BCUT2D eigenvalue weighted by Gasteiger charge is 1.91. The summed E-state index contributed by atoms with van der Waals surface area (Å²) in [4.78, 5) is 0. The minimum absolute atomic E-state index is 0.480. The van der Waals surface area contributed by atoms with E-state index in [0.29, 0.717) is 0 Å².